The maximum absolute atomic E-state index is 13.4. The quantitative estimate of drug-likeness (QED) is 0.623. The lowest BCUT2D eigenvalue weighted by atomic mass is 9.98. The van der Waals surface area contributed by atoms with Gasteiger partial charge in [0, 0.05) is 36.6 Å². The van der Waals surface area contributed by atoms with Crippen LogP contribution in [-0.2, 0) is 11.2 Å². The van der Waals surface area contributed by atoms with Gasteiger partial charge in [0.1, 0.15) is 11.7 Å². The highest BCUT2D eigenvalue weighted by Gasteiger charge is 2.38. The summed E-state index contributed by atoms with van der Waals surface area (Å²) in [6.45, 7) is 5.49. The summed E-state index contributed by atoms with van der Waals surface area (Å²) in [5.74, 6) is -0.248. The number of benzene rings is 1. The van der Waals surface area contributed by atoms with Gasteiger partial charge in [0.25, 0.3) is 5.91 Å². The molecule has 8 heteroatoms. The number of nitrogens with zero attached hydrogens (tertiary/aromatic N) is 4. The minimum Gasteiger partial charge on any atom is -0.368 e. The lowest BCUT2D eigenvalue weighted by Crippen LogP contribution is -2.59. The first-order valence-corrected chi connectivity index (χ1v) is 11.7. The van der Waals surface area contributed by atoms with Crippen molar-refractivity contribution in [3.63, 3.8) is 0 Å². The van der Waals surface area contributed by atoms with Crippen molar-refractivity contribution in [2.24, 2.45) is 0 Å². The van der Waals surface area contributed by atoms with E-state index < -0.39 is 6.04 Å². The van der Waals surface area contributed by atoms with Gasteiger partial charge in [-0.25, -0.2) is 9.97 Å². The van der Waals surface area contributed by atoms with Gasteiger partial charge >= 0.3 is 0 Å². The fraction of sp³-hybridized carbons (Fsp3) is 0.333. The van der Waals surface area contributed by atoms with Crippen LogP contribution in [0.3, 0.4) is 0 Å². The van der Waals surface area contributed by atoms with Crippen LogP contribution in [0.5, 0.6) is 0 Å². The number of carbonyl (C=O) groups excluding carboxylic acids is 2. The van der Waals surface area contributed by atoms with Crippen molar-refractivity contribution in [2.75, 3.05) is 25.4 Å². The SMILES string of the molecule is CCCN1CCN(C(=O)c2cc(C)nc(N)n2)[C@@H](Cc2cccc(-c3cccs3)c2)C1=O. The maximum atomic E-state index is 13.4. The van der Waals surface area contributed by atoms with Crippen LogP contribution in [0.25, 0.3) is 10.4 Å². The van der Waals surface area contributed by atoms with Crippen molar-refractivity contribution >= 4 is 29.1 Å². The highest BCUT2D eigenvalue weighted by Crippen LogP contribution is 2.27. The largest absolute Gasteiger partial charge is 0.368 e. The minimum absolute atomic E-state index is 0.0215. The molecule has 3 heterocycles. The number of amides is 2. The second-order valence-corrected chi connectivity index (χ2v) is 8.92. The highest BCUT2D eigenvalue weighted by molar-refractivity contribution is 7.13. The first kappa shape index (κ1) is 22.0. The molecule has 3 aromatic rings. The maximum Gasteiger partial charge on any atom is 0.273 e. The molecule has 1 atom stereocenters. The lowest BCUT2D eigenvalue weighted by molar-refractivity contribution is -0.140. The van der Waals surface area contributed by atoms with Crippen LogP contribution in [0, 0.1) is 6.92 Å². The molecule has 2 aromatic heterocycles. The Morgan fingerprint density at radius 1 is 1.19 bits per heavy atom. The predicted octanol–water partition coefficient (Wildman–Crippen LogP) is 3.40. The zero-order valence-electron chi connectivity index (χ0n) is 18.3. The molecule has 0 unspecified atom stereocenters. The van der Waals surface area contributed by atoms with Crippen LogP contribution in [-0.4, -0.2) is 57.3 Å². The first-order valence-electron chi connectivity index (χ1n) is 10.8. The van der Waals surface area contributed by atoms with E-state index in [2.05, 4.69) is 35.1 Å². The molecular formula is C24H27N5O2S. The summed E-state index contributed by atoms with van der Waals surface area (Å²) < 4.78 is 0. The van der Waals surface area contributed by atoms with Gasteiger partial charge in [0.05, 0.1) is 0 Å². The first-order chi connectivity index (χ1) is 15.5. The molecule has 1 fully saturated rings. The van der Waals surface area contributed by atoms with E-state index in [9.17, 15) is 9.59 Å². The van der Waals surface area contributed by atoms with Crippen LogP contribution in [0.1, 0.15) is 35.1 Å². The summed E-state index contributed by atoms with van der Waals surface area (Å²) in [7, 11) is 0. The van der Waals surface area contributed by atoms with Gasteiger partial charge < -0.3 is 15.5 Å². The predicted molar refractivity (Wildman–Crippen MR) is 126 cm³/mol. The van der Waals surface area contributed by atoms with Crippen LogP contribution in [0.15, 0.2) is 47.8 Å². The number of hydrogen-bond donors (Lipinski definition) is 1. The van der Waals surface area contributed by atoms with Gasteiger partial charge in [-0.1, -0.05) is 37.3 Å². The van der Waals surface area contributed by atoms with Crippen molar-refractivity contribution < 1.29 is 9.59 Å². The zero-order valence-corrected chi connectivity index (χ0v) is 19.1. The number of aryl methyl sites for hydroxylation is 1. The molecular weight excluding hydrogens is 422 g/mol. The van der Waals surface area contributed by atoms with Gasteiger partial charge in [-0.2, -0.15) is 0 Å². The molecule has 32 heavy (non-hydrogen) atoms. The Hall–Kier alpha value is -3.26. The second kappa shape index (κ2) is 9.48. The normalized spacial score (nSPS) is 16.4. The van der Waals surface area contributed by atoms with Crippen molar-refractivity contribution in [3.8, 4) is 10.4 Å². The van der Waals surface area contributed by atoms with E-state index in [-0.39, 0.29) is 23.5 Å². The second-order valence-electron chi connectivity index (χ2n) is 7.97. The third kappa shape index (κ3) is 4.65. The van der Waals surface area contributed by atoms with E-state index >= 15 is 0 Å². The Bertz CT molecular complexity index is 1100. The number of aromatic nitrogens is 2. The Labute approximate surface area is 191 Å². The molecule has 1 aliphatic heterocycles. The van der Waals surface area contributed by atoms with Gasteiger partial charge in [-0.05, 0) is 42.0 Å². The van der Waals surface area contributed by atoms with E-state index in [1.54, 1.807) is 29.2 Å². The average molecular weight is 450 g/mol. The van der Waals surface area contributed by atoms with E-state index in [1.165, 1.54) is 4.88 Å². The van der Waals surface area contributed by atoms with Crippen molar-refractivity contribution in [1.82, 2.24) is 19.8 Å². The van der Waals surface area contributed by atoms with Crippen LogP contribution in [0.4, 0.5) is 5.95 Å². The number of piperazine rings is 1. The van der Waals surface area contributed by atoms with Crippen LogP contribution in [0.2, 0.25) is 0 Å². The third-order valence-electron chi connectivity index (χ3n) is 5.59. The third-order valence-corrected chi connectivity index (χ3v) is 6.51. The molecule has 1 aromatic carbocycles. The number of nitrogens with two attached hydrogens (primary N) is 1. The molecule has 1 saturated heterocycles. The number of rotatable bonds is 6. The number of carbonyl (C=O) groups is 2. The average Bonchev–Trinajstić information content (AvgIpc) is 3.31. The van der Waals surface area contributed by atoms with E-state index in [0.29, 0.717) is 31.7 Å². The molecule has 0 radical (unpaired) electrons. The summed E-state index contributed by atoms with van der Waals surface area (Å²) in [4.78, 5) is 39.6. The smallest absolute Gasteiger partial charge is 0.273 e. The minimum atomic E-state index is -0.585. The monoisotopic (exact) mass is 449 g/mol. The summed E-state index contributed by atoms with van der Waals surface area (Å²) in [5, 5.41) is 2.05. The van der Waals surface area contributed by atoms with Gasteiger partial charge in [0.15, 0.2) is 0 Å². The number of hydrogen-bond acceptors (Lipinski definition) is 6. The lowest BCUT2D eigenvalue weighted by Gasteiger charge is -2.40. The summed E-state index contributed by atoms with van der Waals surface area (Å²) in [6.07, 6.45) is 1.32. The number of nitrogen functional groups attached to an aromatic ring is 1. The summed E-state index contributed by atoms with van der Waals surface area (Å²) in [6, 6.07) is 13.3. The standard InChI is InChI=1S/C24H27N5O2S/c1-3-9-28-10-11-29(22(30)19-13-16(2)26-24(25)27-19)20(23(28)31)15-17-6-4-7-18(14-17)21-8-5-12-32-21/h4-8,12-14,20H,3,9-11,15H2,1-2H3,(H2,25,26,27)/t20-/m0/s1. The van der Waals surface area contributed by atoms with E-state index in [1.807, 2.05) is 28.5 Å². The molecule has 1 aliphatic rings. The molecule has 0 saturated carbocycles. The fourth-order valence-corrected chi connectivity index (χ4v) is 4.86. The number of anilines is 1. The molecule has 0 spiro atoms. The topological polar surface area (TPSA) is 92.4 Å². The summed E-state index contributed by atoms with van der Waals surface area (Å²) >= 11 is 1.68. The Balaban J connectivity index is 1.65. The van der Waals surface area contributed by atoms with Gasteiger partial charge in [-0.3, -0.25) is 9.59 Å². The van der Waals surface area contributed by atoms with E-state index in [4.69, 9.17) is 5.73 Å². The van der Waals surface area contributed by atoms with Crippen molar-refractivity contribution in [3.05, 3.63) is 64.8 Å². The van der Waals surface area contributed by atoms with Crippen LogP contribution >= 0.6 is 11.3 Å². The molecule has 0 bridgehead atoms. The molecule has 4 rings (SSSR count). The number of thiophene rings is 1. The Kier molecular flexibility index (Phi) is 6.50. The molecule has 0 aliphatic carbocycles. The molecule has 2 amide bonds. The molecule has 2 N–H and O–H groups in total. The van der Waals surface area contributed by atoms with Crippen LogP contribution < -0.4 is 5.73 Å². The van der Waals surface area contributed by atoms with Gasteiger partial charge in [-0.15, -0.1) is 11.3 Å². The van der Waals surface area contributed by atoms with E-state index in [0.717, 1.165) is 17.5 Å². The zero-order chi connectivity index (χ0) is 22.7. The Morgan fingerprint density at radius 2 is 2.03 bits per heavy atom. The highest BCUT2D eigenvalue weighted by atomic mass is 32.1. The van der Waals surface area contributed by atoms with Gasteiger partial charge in [0.2, 0.25) is 11.9 Å². The molecule has 166 valence electrons. The van der Waals surface area contributed by atoms with Crippen molar-refractivity contribution in [1.29, 1.82) is 0 Å². The summed E-state index contributed by atoms with van der Waals surface area (Å²) in [5.41, 5.74) is 8.75. The molecule has 7 nitrogen and oxygen atoms in total. The Morgan fingerprint density at radius 3 is 2.75 bits per heavy atom. The van der Waals surface area contributed by atoms with Crippen molar-refractivity contribution in [2.45, 2.75) is 32.7 Å². The fourth-order valence-electron chi connectivity index (χ4n) is 4.14.